The zero-order chi connectivity index (χ0) is 32.4. The third-order valence-corrected chi connectivity index (χ3v) is 9.19. The molecule has 0 unspecified atom stereocenters. The lowest BCUT2D eigenvalue weighted by Gasteiger charge is -2.34. The Balaban J connectivity index is 1.81. The van der Waals surface area contributed by atoms with E-state index in [-0.39, 0.29) is 41.2 Å². The topological polar surface area (TPSA) is 130 Å². The first kappa shape index (κ1) is 32.9. The predicted molar refractivity (Wildman–Crippen MR) is 173 cm³/mol. The van der Waals surface area contributed by atoms with Gasteiger partial charge in [0.25, 0.3) is 15.7 Å². The van der Waals surface area contributed by atoms with Gasteiger partial charge >= 0.3 is 0 Å². The van der Waals surface area contributed by atoms with Crippen molar-refractivity contribution < 1.29 is 22.9 Å². The van der Waals surface area contributed by atoms with Gasteiger partial charge in [-0.05, 0) is 42.7 Å². The van der Waals surface area contributed by atoms with Crippen LogP contribution < -0.4 is 9.62 Å². The molecule has 0 bridgehead atoms. The molecule has 0 saturated heterocycles. The highest BCUT2D eigenvalue weighted by Crippen LogP contribution is 2.28. The predicted octanol–water partition coefficient (Wildman–Crippen LogP) is 5.34. The summed E-state index contributed by atoms with van der Waals surface area (Å²) in [5.74, 6) is -1.02. The number of non-ortho nitro benzene ring substituents is 1. The van der Waals surface area contributed by atoms with Crippen LogP contribution in [0.4, 0.5) is 11.4 Å². The maximum absolute atomic E-state index is 14.4. The molecule has 4 aromatic carbocycles. The van der Waals surface area contributed by atoms with Crippen LogP contribution in [0.15, 0.2) is 120 Å². The molecule has 11 heteroatoms. The third kappa shape index (κ3) is 8.54. The second kappa shape index (κ2) is 15.1. The fourth-order valence-electron chi connectivity index (χ4n) is 4.79. The molecule has 0 radical (unpaired) electrons. The van der Waals surface area contributed by atoms with E-state index in [1.807, 2.05) is 74.5 Å². The van der Waals surface area contributed by atoms with Crippen molar-refractivity contribution in [2.75, 3.05) is 10.8 Å². The van der Waals surface area contributed by atoms with Crippen molar-refractivity contribution in [1.82, 2.24) is 10.2 Å². The number of carbonyl (C=O) groups is 2. The second-order valence-corrected chi connectivity index (χ2v) is 12.5. The fraction of sp³-hybridized carbons (Fsp3) is 0.235. The Hall–Kier alpha value is -5.03. The minimum Gasteiger partial charge on any atom is -0.352 e. The summed E-state index contributed by atoms with van der Waals surface area (Å²) in [6, 6.07) is 29.9. The molecular weight excluding hydrogens is 592 g/mol. The molecule has 4 aromatic rings. The number of nitro benzene ring substituents is 1. The van der Waals surface area contributed by atoms with Crippen molar-refractivity contribution in [2.45, 2.75) is 50.2 Å². The lowest BCUT2D eigenvalue weighted by Crippen LogP contribution is -2.54. The largest absolute Gasteiger partial charge is 0.352 e. The Labute approximate surface area is 263 Å². The normalized spacial score (nSPS) is 12.5. The van der Waals surface area contributed by atoms with Crippen LogP contribution >= 0.6 is 0 Å². The van der Waals surface area contributed by atoms with Crippen LogP contribution in [0.5, 0.6) is 0 Å². The summed E-state index contributed by atoms with van der Waals surface area (Å²) in [7, 11) is -4.36. The maximum Gasteiger partial charge on any atom is 0.271 e. The quantitative estimate of drug-likeness (QED) is 0.148. The third-order valence-electron chi connectivity index (χ3n) is 7.41. The molecular formula is C34H36N4O6S. The first-order valence-corrected chi connectivity index (χ1v) is 16.0. The lowest BCUT2D eigenvalue weighted by atomic mass is 10.0. The molecule has 0 aromatic heterocycles. The number of hydrogen-bond acceptors (Lipinski definition) is 6. The van der Waals surface area contributed by atoms with Gasteiger partial charge in [0.15, 0.2) is 0 Å². The van der Waals surface area contributed by atoms with E-state index in [0.717, 1.165) is 21.5 Å². The Morgan fingerprint density at radius 3 is 2.00 bits per heavy atom. The Morgan fingerprint density at radius 1 is 0.844 bits per heavy atom. The molecule has 45 heavy (non-hydrogen) atoms. The van der Waals surface area contributed by atoms with E-state index in [0.29, 0.717) is 6.42 Å². The van der Waals surface area contributed by atoms with Gasteiger partial charge in [0, 0.05) is 31.1 Å². The minimum atomic E-state index is -4.36. The van der Waals surface area contributed by atoms with Crippen LogP contribution in [0, 0.1) is 10.1 Å². The van der Waals surface area contributed by atoms with Crippen LogP contribution in [0.25, 0.3) is 0 Å². The summed E-state index contributed by atoms with van der Waals surface area (Å²) in [5, 5.41) is 14.6. The first-order chi connectivity index (χ1) is 21.6. The minimum absolute atomic E-state index is 0.0270. The van der Waals surface area contributed by atoms with Crippen molar-refractivity contribution in [3.8, 4) is 0 Å². The maximum atomic E-state index is 14.4. The molecule has 0 saturated carbocycles. The molecule has 2 atom stereocenters. The number of sulfonamides is 1. The molecule has 0 spiro atoms. The first-order valence-electron chi connectivity index (χ1n) is 14.6. The average Bonchev–Trinajstić information content (AvgIpc) is 3.06. The number of nitrogens with zero attached hydrogens (tertiary/aromatic N) is 3. The zero-order valence-corrected chi connectivity index (χ0v) is 26.0. The van der Waals surface area contributed by atoms with Crippen molar-refractivity contribution in [3.63, 3.8) is 0 Å². The van der Waals surface area contributed by atoms with Crippen LogP contribution in [0.1, 0.15) is 31.4 Å². The summed E-state index contributed by atoms with van der Waals surface area (Å²) in [5.41, 5.74) is 1.18. The van der Waals surface area contributed by atoms with E-state index in [9.17, 15) is 28.1 Å². The monoisotopic (exact) mass is 628 g/mol. The van der Waals surface area contributed by atoms with Crippen molar-refractivity contribution in [3.05, 3.63) is 137 Å². The Kier molecular flexibility index (Phi) is 11.0. The van der Waals surface area contributed by atoms with Crippen molar-refractivity contribution in [1.29, 1.82) is 0 Å². The number of rotatable bonds is 14. The number of carbonyl (C=O) groups excluding carboxylic acids is 2. The highest BCUT2D eigenvalue weighted by molar-refractivity contribution is 7.92. The molecule has 4 rings (SSSR count). The van der Waals surface area contributed by atoms with Crippen LogP contribution in [-0.4, -0.2) is 48.7 Å². The number of nitro groups is 1. The van der Waals surface area contributed by atoms with Crippen LogP contribution in [0.3, 0.4) is 0 Å². The number of benzene rings is 4. The van der Waals surface area contributed by atoms with E-state index in [4.69, 9.17) is 0 Å². The number of amides is 2. The van der Waals surface area contributed by atoms with Gasteiger partial charge < -0.3 is 10.2 Å². The number of anilines is 1. The molecule has 0 aliphatic carbocycles. The SMILES string of the molecule is CC[C@@H](C)NC(=O)[C@H](Cc1ccccc1)N(Cc1ccccc1)C(=O)CN(c1cccc([N+](=O)[O-])c1)S(=O)(=O)c1ccccc1. The van der Waals surface area contributed by atoms with E-state index in [1.165, 1.54) is 35.2 Å². The van der Waals surface area contributed by atoms with Gasteiger partial charge in [-0.1, -0.05) is 91.9 Å². The Morgan fingerprint density at radius 2 is 1.42 bits per heavy atom. The molecule has 0 heterocycles. The van der Waals surface area contributed by atoms with Gasteiger partial charge in [-0.15, -0.1) is 0 Å². The molecule has 0 aliphatic heterocycles. The van der Waals surface area contributed by atoms with E-state index in [1.54, 1.807) is 18.2 Å². The summed E-state index contributed by atoms with van der Waals surface area (Å²) in [4.78, 5) is 40.5. The smallest absolute Gasteiger partial charge is 0.271 e. The van der Waals surface area contributed by atoms with E-state index < -0.39 is 33.4 Å². The highest BCUT2D eigenvalue weighted by atomic mass is 32.2. The average molecular weight is 629 g/mol. The summed E-state index contributed by atoms with van der Waals surface area (Å²) in [6.45, 7) is 3.14. The zero-order valence-electron chi connectivity index (χ0n) is 25.2. The van der Waals surface area contributed by atoms with Crippen molar-refractivity contribution in [2.24, 2.45) is 0 Å². The molecule has 10 nitrogen and oxygen atoms in total. The van der Waals surface area contributed by atoms with Gasteiger partial charge in [-0.2, -0.15) is 0 Å². The summed E-state index contributed by atoms with van der Waals surface area (Å²) in [6.07, 6.45) is 0.857. The molecule has 0 aliphatic rings. The van der Waals surface area contributed by atoms with E-state index in [2.05, 4.69) is 5.32 Å². The summed E-state index contributed by atoms with van der Waals surface area (Å²) < 4.78 is 28.9. The number of nitrogens with one attached hydrogen (secondary N) is 1. The number of hydrogen-bond donors (Lipinski definition) is 1. The molecule has 1 N–H and O–H groups in total. The van der Waals surface area contributed by atoms with Crippen LogP contribution in [-0.2, 0) is 32.6 Å². The van der Waals surface area contributed by atoms with Gasteiger partial charge in [-0.25, -0.2) is 8.42 Å². The van der Waals surface area contributed by atoms with Gasteiger partial charge in [0.05, 0.1) is 15.5 Å². The Bertz CT molecular complexity index is 1700. The van der Waals surface area contributed by atoms with Crippen LogP contribution in [0.2, 0.25) is 0 Å². The summed E-state index contributed by atoms with van der Waals surface area (Å²) >= 11 is 0. The molecule has 2 amide bonds. The van der Waals surface area contributed by atoms with E-state index >= 15 is 0 Å². The lowest BCUT2D eigenvalue weighted by molar-refractivity contribution is -0.384. The molecule has 0 fully saturated rings. The molecule has 234 valence electrons. The van der Waals surface area contributed by atoms with Gasteiger partial charge in [0.1, 0.15) is 12.6 Å². The highest BCUT2D eigenvalue weighted by Gasteiger charge is 2.35. The van der Waals surface area contributed by atoms with Crippen molar-refractivity contribution >= 4 is 33.2 Å². The second-order valence-electron chi connectivity index (χ2n) is 10.6. The standard InChI is InChI=1S/C34H36N4O6S/c1-3-26(2)35-34(40)32(22-27-14-7-4-8-15-27)36(24-28-16-9-5-10-17-28)33(39)25-37(29-18-13-19-30(23-29)38(41)42)45(43,44)31-20-11-6-12-21-31/h4-21,23,26,32H,3,22,24-25H2,1-2H3,(H,35,40)/t26-,32+/m1/s1. The van der Waals surface area contributed by atoms with Gasteiger partial charge in [-0.3, -0.25) is 24.0 Å². The fourth-order valence-corrected chi connectivity index (χ4v) is 6.21. The van der Waals surface area contributed by atoms with Gasteiger partial charge in [0.2, 0.25) is 11.8 Å².